The van der Waals surface area contributed by atoms with Gasteiger partial charge in [-0.3, -0.25) is 4.79 Å². The van der Waals surface area contributed by atoms with E-state index in [9.17, 15) is 9.59 Å². The van der Waals surface area contributed by atoms with Crippen molar-refractivity contribution < 1.29 is 14.3 Å². The van der Waals surface area contributed by atoms with E-state index in [-0.39, 0.29) is 0 Å². The van der Waals surface area contributed by atoms with Crippen LogP contribution in [0.5, 0.6) is 0 Å². The third-order valence-corrected chi connectivity index (χ3v) is 4.56. The number of aromatic nitrogens is 2. The van der Waals surface area contributed by atoms with Crippen LogP contribution in [0, 0.1) is 3.70 Å². The summed E-state index contributed by atoms with van der Waals surface area (Å²) >= 11 is 2.16. The topological polar surface area (TPSA) is 81.2 Å². The molecule has 0 radical (unpaired) electrons. The number of esters is 2. The molecule has 0 bridgehead atoms. The molecule has 140 valence electrons. The first-order valence-electron chi connectivity index (χ1n) is 8.36. The SMILES string of the molecule is CC(=O)OC(=O)c1ccc(/C=C/c2c(I)ncnc2Nc2ccccc2)cc1. The van der Waals surface area contributed by atoms with Gasteiger partial charge in [-0.25, -0.2) is 14.8 Å². The number of hydrogen-bond acceptors (Lipinski definition) is 6. The third kappa shape index (κ3) is 5.23. The summed E-state index contributed by atoms with van der Waals surface area (Å²) in [7, 11) is 0. The number of benzene rings is 2. The van der Waals surface area contributed by atoms with Crippen LogP contribution in [0.1, 0.15) is 28.4 Å². The molecule has 0 aliphatic carbocycles. The Hall–Kier alpha value is -3.07. The van der Waals surface area contributed by atoms with Crippen LogP contribution < -0.4 is 5.32 Å². The van der Waals surface area contributed by atoms with Gasteiger partial charge in [0.2, 0.25) is 0 Å². The summed E-state index contributed by atoms with van der Waals surface area (Å²) in [4.78, 5) is 31.2. The van der Waals surface area contributed by atoms with E-state index >= 15 is 0 Å². The Balaban J connectivity index is 1.80. The van der Waals surface area contributed by atoms with E-state index in [1.54, 1.807) is 24.3 Å². The van der Waals surface area contributed by atoms with E-state index in [1.165, 1.54) is 13.3 Å². The molecule has 0 unspecified atom stereocenters. The molecule has 28 heavy (non-hydrogen) atoms. The van der Waals surface area contributed by atoms with Crippen molar-refractivity contribution in [3.8, 4) is 0 Å². The molecule has 1 heterocycles. The first-order valence-corrected chi connectivity index (χ1v) is 9.44. The number of carbonyl (C=O) groups excluding carboxylic acids is 2. The van der Waals surface area contributed by atoms with Gasteiger partial charge in [-0.05, 0) is 58.5 Å². The molecule has 0 fully saturated rings. The second-order valence-electron chi connectivity index (χ2n) is 5.75. The predicted octanol–water partition coefficient (Wildman–Crippen LogP) is 4.70. The van der Waals surface area contributed by atoms with Gasteiger partial charge in [-0.2, -0.15) is 0 Å². The average Bonchev–Trinajstić information content (AvgIpc) is 2.68. The molecule has 0 aliphatic rings. The zero-order chi connectivity index (χ0) is 19.9. The van der Waals surface area contributed by atoms with Crippen molar-refractivity contribution in [2.45, 2.75) is 6.92 Å². The summed E-state index contributed by atoms with van der Waals surface area (Å²) in [5, 5.41) is 3.29. The van der Waals surface area contributed by atoms with E-state index in [0.29, 0.717) is 11.4 Å². The monoisotopic (exact) mass is 485 g/mol. The van der Waals surface area contributed by atoms with Crippen molar-refractivity contribution in [2.75, 3.05) is 5.32 Å². The van der Waals surface area contributed by atoms with Crippen LogP contribution in [-0.2, 0) is 9.53 Å². The van der Waals surface area contributed by atoms with Gasteiger partial charge in [0.05, 0.1) is 5.56 Å². The minimum absolute atomic E-state index is 0.316. The zero-order valence-corrected chi connectivity index (χ0v) is 17.1. The Morgan fingerprint density at radius 1 is 1.00 bits per heavy atom. The molecule has 0 aliphatic heterocycles. The highest BCUT2D eigenvalue weighted by atomic mass is 127. The van der Waals surface area contributed by atoms with E-state index in [4.69, 9.17) is 0 Å². The Kier molecular flexibility index (Phi) is 6.49. The van der Waals surface area contributed by atoms with Gasteiger partial charge >= 0.3 is 11.9 Å². The molecule has 0 amide bonds. The minimum atomic E-state index is -0.664. The van der Waals surface area contributed by atoms with Gasteiger partial charge < -0.3 is 10.1 Å². The molecular formula is C21H16IN3O3. The minimum Gasteiger partial charge on any atom is -0.390 e. The lowest BCUT2D eigenvalue weighted by Gasteiger charge is -2.09. The highest BCUT2D eigenvalue weighted by Crippen LogP contribution is 2.23. The number of ether oxygens (including phenoxy) is 1. The second-order valence-corrected chi connectivity index (χ2v) is 6.78. The van der Waals surface area contributed by atoms with Crippen molar-refractivity contribution in [3.05, 3.63) is 81.3 Å². The second kappa shape index (κ2) is 9.23. The number of nitrogens with one attached hydrogen (secondary N) is 1. The zero-order valence-electron chi connectivity index (χ0n) is 14.9. The fourth-order valence-electron chi connectivity index (χ4n) is 2.38. The molecule has 0 saturated heterocycles. The molecule has 1 N–H and O–H groups in total. The van der Waals surface area contributed by atoms with Gasteiger partial charge in [0.15, 0.2) is 0 Å². The first kappa shape index (κ1) is 19.7. The van der Waals surface area contributed by atoms with E-state index in [0.717, 1.165) is 20.5 Å². The number of halogens is 1. The van der Waals surface area contributed by atoms with Gasteiger partial charge in [0.1, 0.15) is 15.8 Å². The molecule has 0 atom stereocenters. The number of hydrogen-bond donors (Lipinski definition) is 1. The van der Waals surface area contributed by atoms with E-state index < -0.39 is 11.9 Å². The van der Waals surface area contributed by atoms with Crippen molar-refractivity contribution in [2.24, 2.45) is 0 Å². The van der Waals surface area contributed by atoms with E-state index in [2.05, 4.69) is 42.6 Å². The molecular weight excluding hydrogens is 469 g/mol. The lowest BCUT2D eigenvalue weighted by atomic mass is 10.1. The maximum absolute atomic E-state index is 11.7. The largest absolute Gasteiger partial charge is 0.390 e. The molecule has 6 nitrogen and oxygen atoms in total. The lowest BCUT2D eigenvalue weighted by Crippen LogP contribution is -2.08. The highest BCUT2D eigenvalue weighted by Gasteiger charge is 2.10. The van der Waals surface area contributed by atoms with Crippen molar-refractivity contribution >= 4 is 58.2 Å². The Labute approximate surface area is 175 Å². The summed E-state index contributed by atoms with van der Waals surface area (Å²) in [5.41, 5.74) is 2.98. The van der Waals surface area contributed by atoms with Crippen LogP contribution in [0.25, 0.3) is 12.2 Å². The Bertz CT molecular complexity index is 1020. The van der Waals surface area contributed by atoms with Crippen LogP contribution in [0.4, 0.5) is 11.5 Å². The van der Waals surface area contributed by atoms with Crippen LogP contribution in [0.3, 0.4) is 0 Å². The van der Waals surface area contributed by atoms with Crippen LogP contribution in [-0.4, -0.2) is 21.9 Å². The smallest absolute Gasteiger partial charge is 0.345 e. The normalized spacial score (nSPS) is 10.6. The maximum atomic E-state index is 11.7. The number of nitrogens with zero attached hydrogens (tertiary/aromatic N) is 2. The standard InChI is InChI=1S/C21H16IN3O3/c1-14(26)28-21(27)16-10-7-15(8-11-16)9-12-18-19(22)23-13-24-20(18)25-17-5-3-2-4-6-17/h2-13H,1H3,(H,23,24,25)/b12-9+. The summed E-state index contributed by atoms with van der Waals surface area (Å²) in [6.07, 6.45) is 5.33. The summed E-state index contributed by atoms with van der Waals surface area (Å²) in [6, 6.07) is 16.5. The molecule has 7 heteroatoms. The average molecular weight is 485 g/mol. The van der Waals surface area contributed by atoms with Crippen molar-refractivity contribution in [1.82, 2.24) is 9.97 Å². The molecule has 0 spiro atoms. The molecule has 2 aromatic carbocycles. The van der Waals surface area contributed by atoms with Gasteiger partial charge in [0, 0.05) is 18.2 Å². The molecule has 1 aromatic heterocycles. The lowest BCUT2D eigenvalue weighted by molar-refractivity contribution is -0.135. The first-order chi connectivity index (χ1) is 13.5. The van der Waals surface area contributed by atoms with Crippen LogP contribution in [0.15, 0.2) is 60.9 Å². The fraction of sp³-hybridized carbons (Fsp3) is 0.0476. The maximum Gasteiger partial charge on any atom is 0.345 e. The summed E-state index contributed by atoms with van der Waals surface area (Å²) in [5.74, 6) is -0.599. The predicted molar refractivity (Wildman–Crippen MR) is 116 cm³/mol. The van der Waals surface area contributed by atoms with Gasteiger partial charge in [-0.1, -0.05) is 36.4 Å². The number of carbonyl (C=O) groups is 2. The van der Waals surface area contributed by atoms with Crippen molar-refractivity contribution in [3.63, 3.8) is 0 Å². The highest BCUT2D eigenvalue weighted by molar-refractivity contribution is 14.1. The Morgan fingerprint density at radius 3 is 2.39 bits per heavy atom. The summed E-state index contributed by atoms with van der Waals surface area (Å²) in [6.45, 7) is 1.19. The van der Waals surface area contributed by atoms with Crippen molar-refractivity contribution in [1.29, 1.82) is 0 Å². The Morgan fingerprint density at radius 2 is 1.71 bits per heavy atom. The number of rotatable bonds is 5. The third-order valence-electron chi connectivity index (χ3n) is 3.70. The fourth-order valence-corrected chi connectivity index (χ4v) is 2.94. The van der Waals surface area contributed by atoms with Crippen LogP contribution in [0.2, 0.25) is 0 Å². The number of anilines is 2. The van der Waals surface area contributed by atoms with Crippen LogP contribution >= 0.6 is 22.6 Å². The van der Waals surface area contributed by atoms with E-state index in [1.807, 2.05) is 42.5 Å². The number of para-hydroxylation sites is 1. The quantitative estimate of drug-likeness (QED) is 0.244. The van der Waals surface area contributed by atoms with Gasteiger partial charge in [-0.15, -0.1) is 0 Å². The van der Waals surface area contributed by atoms with Gasteiger partial charge in [0.25, 0.3) is 0 Å². The molecule has 3 aromatic rings. The summed E-state index contributed by atoms with van der Waals surface area (Å²) < 4.78 is 5.38. The molecule has 3 rings (SSSR count). The molecule has 0 saturated carbocycles.